The molecule has 2 unspecified atom stereocenters. The molecule has 0 aromatic heterocycles. The van der Waals surface area contributed by atoms with E-state index in [2.05, 4.69) is 86.8 Å². The van der Waals surface area contributed by atoms with E-state index in [0.29, 0.717) is 11.1 Å². The van der Waals surface area contributed by atoms with Crippen LogP contribution in [-0.4, -0.2) is 8.07 Å². The van der Waals surface area contributed by atoms with Crippen molar-refractivity contribution in [2.24, 2.45) is 0 Å². The maximum atomic E-state index is 2.56. The Morgan fingerprint density at radius 1 is 0.818 bits per heavy atom. The molecule has 110 valence electrons. The fourth-order valence-corrected chi connectivity index (χ4v) is 8.04. The topological polar surface area (TPSA) is 0 Å². The molecule has 0 N–H and O–H groups in total. The number of fused-ring (bicyclic) bond motifs is 2. The van der Waals surface area contributed by atoms with E-state index in [-0.39, 0.29) is 0 Å². The standard InChI is InChI=1S/C21H22Si/c1-15-14-21(19-11-7-6-9-17(15)19)22(2,3)20-13-12-16-8-4-5-10-18(16)20/h4-14,20-21H,1-3H3. The van der Waals surface area contributed by atoms with Crippen molar-refractivity contribution in [1.29, 1.82) is 0 Å². The molecule has 2 aliphatic carbocycles. The molecule has 2 atom stereocenters. The van der Waals surface area contributed by atoms with Crippen molar-refractivity contribution in [2.45, 2.75) is 31.1 Å². The average Bonchev–Trinajstić information content (AvgIpc) is 3.10. The highest BCUT2D eigenvalue weighted by molar-refractivity contribution is 6.81. The summed E-state index contributed by atoms with van der Waals surface area (Å²) in [6.45, 7) is 7.38. The normalized spacial score (nSPS) is 22.4. The van der Waals surface area contributed by atoms with Gasteiger partial charge < -0.3 is 0 Å². The van der Waals surface area contributed by atoms with Crippen molar-refractivity contribution in [3.63, 3.8) is 0 Å². The second-order valence-electron chi connectivity index (χ2n) is 7.20. The van der Waals surface area contributed by atoms with E-state index in [4.69, 9.17) is 0 Å². The Balaban J connectivity index is 1.79. The third-order valence-corrected chi connectivity index (χ3v) is 9.73. The Kier molecular flexibility index (Phi) is 3.02. The molecule has 0 fully saturated rings. The summed E-state index contributed by atoms with van der Waals surface area (Å²) in [7, 11) is -1.54. The van der Waals surface area contributed by atoms with Crippen LogP contribution in [0, 0.1) is 0 Å². The number of rotatable bonds is 2. The molecule has 0 amide bonds. The van der Waals surface area contributed by atoms with Gasteiger partial charge in [0.15, 0.2) is 0 Å². The molecule has 2 aromatic carbocycles. The van der Waals surface area contributed by atoms with Crippen LogP contribution in [0.4, 0.5) is 0 Å². The van der Waals surface area contributed by atoms with Crippen LogP contribution in [0.3, 0.4) is 0 Å². The smallest absolute Gasteiger partial charge is 0.0715 e. The van der Waals surface area contributed by atoms with E-state index >= 15 is 0 Å². The van der Waals surface area contributed by atoms with Gasteiger partial charge >= 0.3 is 0 Å². The molecular formula is C21H22Si. The SMILES string of the molecule is CC1=CC([Si](C)(C)C2C=Cc3ccccc32)c2ccccc21. The summed E-state index contributed by atoms with van der Waals surface area (Å²) in [5, 5.41) is 0. The van der Waals surface area contributed by atoms with Crippen LogP contribution in [0.1, 0.15) is 40.3 Å². The van der Waals surface area contributed by atoms with Gasteiger partial charge in [0, 0.05) is 0 Å². The summed E-state index contributed by atoms with van der Waals surface area (Å²) in [6.07, 6.45) is 7.32. The van der Waals surface area contributed by atoms with Gasteiger partial charge in [-0.05, 0) is 45.8 Å². The summed E-state index contributed by atoms with van der Waals surface area (Å²) < 4.78 is 0. The molecule has 2 aliphatic rings. The first-order chi connectivity index (χ1) is 10.6. The molecule has 4 rings (SSSR count). The molecule has 0 saturated heterocycles. The average molecular weight is 302 g/mol. The molecule has 0 saturated carbocycles. The highest BCUT2D eigenvalue weighted by atomic mass is 28.3. The zero-order chi connectivity index (χ0) is 15.3. The fourth-order valence-electron chi connectivity index (χ4n) is 4.26. The number of hydrogen-bond donors (Lipinski definition) is 0. The van der Waals surface area contributed by atoms with Crippen LogP contribution in [0.25, 0.3) is 11.6 Å². The lowest BCUT2D eigenvalue weighted by atomic mass is 10.1. The fraction of sp³-hybridized carbons (Fsp3) is 0.238. The third kappa shape index (κ3) is 1.89. The van der Waals surface area contributed by atoms with E-state index in [1.165, 1.54) is 22.3 Å². The minimum atomic E-state index is -1.54. The second kappa shape index (κ2) is 4.82. The van der Waals surface area contributed by atoms with Crippen LogP contribution in [0.15, 0.2) is 60.7 Å². The van der Waals surface area contributed by atoms with E-state index in [0.717, 1.165) is 0 Å². The molecule has 2 aromatic rings. The first-order valence-corrected chi connectivity index (χ1v) is 11.3. The molecule has 0 aliphatic heterocycles. The molecule has 0 bridgehead atoms. The molecule has 0 spiro atoms. The second-order valence-corrected chi connectivity index (χ2v) is 12.1. The van der Waals surface area contributed by atoms with Crippen molar-refractivity contribution in [1.82, 2.24) is 0 Å². The van der Waals surface area contributed by atoms with Gasteiger partial charge in [-0.1, -0.05) is 79.9 Å². The Morgan fingerprint density at radius 3 is 2.32 bits per heavy atom. The summed E-state index contributed by atoms with van der Waals surface area (Å²) in [6, 6.07) is 17.9. The molecular weight excluding hydrogens is 280 g/mol. The van der Waals surface area contributed by atoms with Crippen LogP contribution in [0.5, 0.6) is 0 Å². The monoisotopic (exact) mass is 302 g/mol. The van der Waals surface area contributed by atoms with Gasteiger partial charge in [-0.3, -0.25) is 0 Å². The van der Waals surface area contributed by atoms with Gasteiger partial charge in [0.25, 0.3) is 0 Å². The highest BCUT2D eigenvalue weighted by Gasteiger charge is 2.43. The van der Waals surface area contributed by atoms with Crippen LogP contribution >= 0.6 is 0 Å². The number of benzene rings is 2. The summed E-state index contributed by atoms with van der Waals surface area (Å²) in [4.78, 5) is 0. The highest BCUT2D eigenvalue weighted by Crippen LogP contribution is 2.48. The Bertz CT molecular complexity index is 795. The Labute approximate surface area is 134 Å². The lowest BCUT2D eigenvalue weighted by Gasteiger charge is -2.35. The van der Waals surface area contributed by atoms with E-state index in [1.807, 2.05) is 0 Å². The van der Waals surface area contributed by atoms with E-state index < -0.39 is 8.07 Å². The molecule has 0 nitrogen and oxygen atoms in total. The minimum absolute atomic E-state index is 0.615. The molecule has 22 heavy (non-hydrogen) atoms. The van der Waals surface area contributed by atoms with E-state index in [9.17, 15) is 0 Å². The largest absolute Gasteiger partial charge is 0.0791 e. The third-order valence-electron chi connectivity index (χ3n) is 5.54. The zero-order valence-corrected chi connectivity index (χ0v) is 14.5. The van der Waals surface area contributed by atoms with E-state index in [1.54, 1.807) is 5.56 Å². The minimum Gasteiger partial charge on any atom is -0.0791 e. The van der Waals surface area contributed by atoms with Gasteiger partial charge in [-0.2, -0.15) is 0 Å². The lowest BCUT2D eigenvalue weighted by molar-refractivity contribution is 1.05. The Hall–Kier alpha value is -1.86. The van der Waals surface area contributed by atoms with Crippen LogP contribution in [-0.2, 0) is 0 Å². The van der Waals surface area contributed by atoms with Gasteiger partial charge in [0.05, 0.1) is 8.07 Å². The van der Waals surface area contributed by atoms with Crippen molar-refractivity contribution in [2.75, 3.05) is 0 Å². The lowest BCUT2D eigenvalue weighted by Crippen LogP contribution is -2.39. The summed E-state index contributed by atoms with van der Waals surface area (Å²) in [5.74, 6) is 0. The predicted octanol–water partition coefficient (Wildman–Crippen LogP) is 5.78. The zero-order valence-electron chi connectivity index (χ0n) is 13.5. The molecule has 0 heterocycles. The number of hydrogen-bond acceptors (Lipinski definition) is 0. The van der Waals surface area contributed by atoms with Crippen molar-refractivity contribution < 1.29 is 0 Å². The van der Waals surface area contributed by atoms with Gasteiger partial charge in [-0.25, -0.2) is 0 Å². The van der Waals surface area contributed by atoms with Gasteiger partial charge in [0.2, 0.25) is 0 Å². The number of allylic oxidation sites excluding steroid dienone is 3. The van der Waals surface area contributed by atoms with Crippen LogP contribution < -0.4 is 0 Å². The van der Waals surface area contributed by atoms with Gasteiger partial charge in [0.1, 0.15) is 0 Å². The predicted molar refractivity (Wildman–Crippen MR) is 98.5 cm³/mol. The van der Waals surface area contributed by atoms with Crippen molar-refractivity contribution in [3.8, 4) is 0 Å². The van der Waals surface area contributed by atoms with Gasteiger partial charge in [-0.15, -0.1) is 0 Å². The summed E-state index contributed by atoms with van der Waals surface area (Å²) >= 11 is 0. The van der Waals surface area contributed by atoms with Crippen molar-refractivity contribution in [3.05, 3.63) is 82.9 Å². The molecule has 0 radical (unpaired) electrons. The van der Waals surface area contributed by atoms with Crippen molar-refractivity contribution >= 4 is 19.7 Å². The quantitative estimate of drug-likeness (QED) is 0.616. The molecule has 1 heteroatoms. The summed E-state index contributed by atoms with van der Waals surface area (Å²) in [5.41, 5.74) is 8.65. The maximum absolute atomic E-state index is 2.56. The Morgan fingerprint density at radius 2 is 1.50 bits per heavy atom. The first-order valence-electron chi connectivity index (χ1n) is 8.14. The van der Waals surface area contributed by atoms with Crippen LogP contribution in [0.2, 0.25) is 13.1 Å². The maximum Gasteiger partial charge on any atom is 0.0715 e. The first kappa shape index (κ1) is 13.8.